The molecule has 3 rings (SSSR count). The Kier molecular flexibility index (Phi) is 4.45. The molecular weight excluding hydrogens is 345 g/mol. The molecule has 0 spiro atoms. The fraction of sp³-hybridized carbons (Fsp3) is 0.167. The Morgan fingerprint density at radius 2 is 1.92 bits per heavy atom. The molecule has 1 N–H and O–H groups in total. The van der Waals surface area contributed by atoms with Crippen molar-refractivity contribution in [2.24, 2.45) is 0 Å². The summed E-state index contributed by atoms with van der Waals surface area (Å²) in [6.07, 6.45) is 0.946. The lowest BCUT2D eigenvalue weighted by Crippen LogP contribution is -2.01. The van der Waals surface area contributed by atoms with Crippen LogP contribution in [0, 0.1) is 12.7 Å². The summed E-state index contributed by atoms with van der Waals surface area (Å²) in [7, 11) is -3.67. The van der Waals surface area contributed by atoms with E-state index in [4.69, 9.17) is 4.52 Å². The molecule has 2 aromatic carbocycles. The van der Waals surface area contributed by atoms with E-state index in [1.165, 1.54) is 12.1 Å². The van der Waals surface area contributed by atoms with Gasteiger partial charge in [0.1, 0.15) is 23.0 Å². The highest BCUT2D eigenvalue weighted by Crippen LogP contribution is 2.36. The molecule has 7 heteroatoms. The second-order valence-electron chi connectivity index (χ2n) is 5.77. The number of hydrogen-bond donors (Lipinski definition) is 1. The number of nitrogens with zero attached hydrogens (tertiary/aromatic N) is 1. The lowest BCUT2D eigenvalue weighted by atomic mass is 9.98. The van der Waals surface area contributed by atoms with Gasteiger partial charge in [-0.25, -0.2) is 12.8 Å². The van der Waals surface area contributed by atoms with E-state index >= 15 is 0 Å². The van der Waals surface area contributed by atoms with Crippen LogP contribution in [-0.4, -0.2) is 24.9 Å². The second kappa shape index (κ2) is 6.42. The van der Waals surface area contributed by atoms with Crippen LogP contribution in [0.4, 0.5) is 4.39 Å². The molecule has 1 heterocycles. The van der Waals surface area contributed by atoms with Crippen molar-refractivity contribution < 1.29 is 22.4 Å². The molecule has 0 atom stereocenters. The smallest absolute Gasteiger partial charge is 0.178 e. The average Bonchev–Trinajstić information content (AvgIpc) is 2.97. The molecule has 0 saturated carbocycles. The van der Waals surface area contributed by atoms with Crippen LogP contribution in [0.1, 0.15) is 11.3 Å². The Bertz CT molecular complexity index is 1040. The quantitative estimate of drug-likeness (QED) is 0.771. The molecule has 5 nitrogen and oxygen atoms in total. The lowest BCUT2D eigenvalue weighted by molar-refractivity contribution is 0.230. The van der Waals surface area contributed by atoms with Crippen molar-refractivity contribution in [1.82, 2.24) is 5.16 Å². The maximum atomic E-state index is 14.3. The van der Waals surface area contributed by atoms with Gasteiger partial charge in [0.25, 0.3) is 0 Å². The van der Waals surface area contributed by atoms with Gasteiger partial charge in [-0.1, -0.05) is 35.0 Å². The minimum atomic E-state index is -3.67. The summed E-state index contributed by atoms with van der Waals surface area (Å²) in [5.74, 6) is -0.678. The molecule has 0 saturated heterocycles. The van der Waals surface area contributed by atoms with E-state index in [1.54, 1.807) is 0 Å². The molecule has 0 aliphatic carbocycles. The van der Waals surface area contributed by atoms with Crippen LogP contribution in [0.3, 0.4) is 0 Å². The van der Waals surface area contributed by atoms with Gasteiger partial charge in [0, 0.05) is 11.8 Å². The lowest BCUT2D eigenvalue weighted by Gasteiger charge is -2.07. The van der Waals surface area contributed by atoms with Crippen LogP contribution in [-0.2, 0) is 16.4 Å². The minimum Gasteiger partial charge on any atom is -0.388 e. The second-order valence-corrected chi connectivity index (χ2v) is 7.76. The van der Waals surface area contributed by atoms with Crippen molar-refractivity contribution in [3.63, 3.8) is 0 Å². The van der Waals surface area contributed by atoms with Crippen LogP contribution in [0.5, 0.6) is 0 Å². The third-order valence-electron chi connectivity index (χ3n) is 3.82. The molecule has 0 unspecified atom stereocenters. The van der Waals surface area contributed by atoms with Crippen molar-refractivity contribution in [3.8, 4) is 22.4 Å². The van der Waals surface area contributed by atoms with Crippen LogP contribution in [0.2, 0.25) is 0 Å². The van der Waals surface area contributed by atoms with Crippen LogP contribution in [0.25, 0.3) is 22.4 Å². The highest BCUT2D eigenvalue weighted by atomic mass is 32.2. The molecule has 130 valence electrons. The third kappa shape index (κ3) is 3.33. The number of aryl methyl sites for hydroxylation is 1. The zero-order valence-corrected chi connectivity index (χ0v) is 14.5. The van der Waals surface area contributed by atoms with Gasteiger partial charge in [-0.05, 0) is 30.7 Å². The monoisotopic (exact) mass is 361 g/mol. The zero-order valence-electron chi connectivity index (χ0n) is 13.7. The fourth-order valence-corrected chi connectivity index (χ4v) is 3.40. The summed E-state index contributed by atoms with van der Waals surface area (Å²) in [5, 5.41) is 13.5. The molecule has 3 aromatic rings. The van der Waals surface area contributed by atoms with Crippen molar-refractivity contribution >= 4 is 9.84 Å². The predicted octanol–water partition coefficient (Wildman–Crippen LogP) is 3.35. The number of hydrogen-bond acceptors (Lipinski definition) is 5. The van der Waals surface area contributed by atoms with E-state index in [2.05, 4.69) is 5.16 Å². The van der Waals surface area contributed by atoms with Gasteiger partial charge in [-0.2, -0.15) is 0 Å². The van der Waals surface area contributed by atoms with Crippen molar-refractivity contribution in [1.29, 1.82) is 0 Å². The van der Waals surface area contributed by atoms with Gasteiger partial charge in [-0.15, -0.1) is 0 Å². The zero-order chi connectivity index (χ0) is 18.2. The van der Waals surface area contributed by atoms with Crippen molar-refractivity contribution in [2.75, 3.05) is 6.26 Å². The summed E-state index contributed by atoms with van der Waals surface area (Å²) in [5.41, 5.74) is 3.04. The van der Waals surface area contributed by atoms with E-state index in [1.807, 2.05) is 31.2 Å². The summed E-state index contributed by atoms with van der Waals surface area (Å²) in [4.78, 5) is -0.379. The Morgan fingerprint density at radius 1 is 1.16 bits per heavy atom. The molecule has 0 aliphatic heterocycles. The molecule has 0 fully saturated rings. The SMILES string of the molecule is Cc1cccc(-c2noc(CO)c2-c2ccc(S(C)(=O)=O)c(F)c2)c1. The normalized spacial score (nSPS) is 11.7. The van der Waals surface area contributed by atoms with E-state index in [9.17, 15) is 17.9 Å². The topological polar surface area (TPSA) is 80.4 Å². The van der Waals surface area contributed by atoms with E-state index in [0.29, 0.717) is 16.8 Å². The molecular formula is C18H16FNO4S. The molecule has 25 heavy (non-hydrogen) atoms. The van der Waals surface area contributed by atoms with Crippen molar-refractivity contribution in [2.45, 2.75) is 18.4 Å². The Labute approximate surface area is 144 Å². The maximum absolute atomic E-state index is 14.3. The van der Waals surface area contributed by atoms with Crippen molar-refractivity contribution in [3.05, 3.63) is 59.6 Å². The summed E-state index contributed by atoms with van der Waals surface area (Å²) in [6, 6.07) is 11.3. The third-order valence-corrected chi connectivity index (χ3v) is 4.95. The predicted molar refractivity (Wildman–Crippen MR) is 91.1 cm³/mol. The summed E-state index contributed by atoms with van der Waals surface area (Å²) in [6.45, 7) is 1.51. The van der Waals surface area contributed by atoms with Crippen LogP contribution >= 0.6 is 0 Å². The Balaban J connectivity index is 2.21. The van der Waals surface area contributed by atoms with E-state index < -0.39 is 22.3 Å². The van der Waals surface area contributed by atoms with Gasteiger partial charge >= 0.3 is 0 Å². The number of benzene rings is 2. The standard InChI is InChI=1S/C18H16FNO4S/c1-11-4-3-5-13(8-11)18-17(15(10-21)24-20-18)12-6-7-16(14(19)9-12)25(2,22)23/h3-9,21H,10H2,1-2H3. The Morgan fingerprint density at radius 3 is 2.52 bits per heavy atom. The fourth-order valence-electron chi connectivity index (χ4n) is 2.68. The summed E-state index contributed by atoms with van der Waals surface area (Å²) < 4.78 is 42.6. The first kappa shape index (κ1) is 17.3. The molecule has 0 aliphatic rings. The number of halogens is 1. The highest BCUT2D eigenvalue weighted by molar-refractivity contribution is 7.90. The Hall–Kier alpha value is -2.51. The van der Waals surface area contributed by atoms with Gasteiger partial charge < -0.3 is 9.63 Å². The molecule has 0 bridgehead atoms. The number of aliphatic hydroxyl groups is 1. The summed E-state index contributed by atoms with van der Waals surface area (Å²) >= 11 is 0. The first-order valence-electron chi connectivity index (χ1n) is 7.47. The average molecular weight is 361 g/mol. The first-order valence-corrected chi connectivity index (χ1v) is 9.37. The van der Waals surface area contributed by atoms with Gasteiger partial charge in [-0.3, -0.25) is 0 Å². The minimum absolute atomic E-state index is 0.183. The van der Waals surface area contributed by atoms with Gasteiger partial charge in [0.05, 0.1) is 5.56 Å². The maximum Gasteiger partial charge on any atom is 0.178 e. The van der Waals surface area contributed by atoms with Gasteiger partial charge in [0.15, 0.2) is 15.6 Å². The van der Waals surface area contributed by atoms with E-state index in [-0.39, 0.29) is 10.7 Å². The highest BCUT2D eigenvalue weighted by Gasteiger charge is 2.21. The molecule has 0 amide bonds. The number of aliphatic hydroxyl groups excluding tert-OH is 1. The first-order chi connectivity index (χ1) is 11.8. The number of aromatic nitrogens is 1. The largest absolute Gasteiger partial charge is 0.388 e. The van der Waals surface area contributed by atoms with Gasteiger partial charge in [0.2, 0.25) is 0 Å². The van der Waals surface area contributed by atoms with Crippen LogP contribution < -0.4 is 0 Å². The van der Waals surface area contributed by atoms with E-state index in [0.717, 1.165) is 23.4 Å². The molecule has 1 aromatic heterocycles. The number of rotatable bonds is 4. The molecule has 0 radical (unpaired) electrons. The number of sulfone groups is 1. The van der Waals surface area contributed by atoms with Crippen LogP contribution in [0.15, 0.2) is 51.9 Å².